The van der Waals surface area contributed by atoms with Crippen LogP contribution in [0, 0.1) is 24.3 Å². The molecule has 1 aromatic heterocycles. The normalized spacial score (nSPS) is 11.8. The Morgan fingerprint density at radius 3 is 2.84 bits per heavy atom. The quantitative estimate of drug-likeness (QED) is 0.496. The van der Waals surface area contributed by atoms with Gasteiger partial charge in [0.05, 0.1) is 5.69 Å². The zero-order chi connectivity index (χ0) is 18.2. The summed E-state index contributed by atoms with van der Waals surface area (Å²) in [7, 11) is 1.94. The van der Waals surface area contributed by atoms with Crippen LogP contribution in [0.5, 0.6) is 0 Å². The van der Waals surface area contributed by atoms with Crippen molar-refractivity contribution in [3.05, 3.63) is 59.2 Å². The van der Waals surface area contributed by atoms with Crippen molar-refractivity contribution in [1.29, 1.82) is 0 Å². The zero-order valence-corrected chi connectivity index (χ0v) is 14.8. The van der Waals surface area contributed by atoms with E-state index in [0.717, 1.165) is 18.8 Å². The third kappa shape index (κ3) is 4.53. The lowest BCUT2D eigenvalue weighted by Gasteiger charge is -2.05. The van der Waals surface area contributed by atoms with Crippen LogP contribution in [0.3, 0.4) is 0 Å². The Bertz CT molecular complexity index is 914. The molecule has 0 aliphatic heterocycles. The summed E-state index contributed by atoms with van der Waals surface area (Å²) in [6, 6.07) is 11.3. The van der Waals surface area contributed by atoms with Gasteiger partial charge in [0.2, 0.25) is 0 Å². The van der Waals surface area contributed by atoms with Crippen LogP contribution >= 0.6 is 0 Å². The number of hydrogen-bond donors (Lipinski definition) is 2. The highest BCUT2D eigenvalue weighted by Crippen LogP contribution is 2.23. The fourth-order valence-electron chi connectivity index (χ4n) is 2.62. The smallest absolute Gasteiger partial charge is 0.172 e. The fraction of sp³-hybridized carbons (Fsp3) is 0.238. The second-order valence-corrected chi connectivity index (χ2v) is 5.54. The number of aryl methyl sites for hydroxylation is 1. The van der Waals surface area contributed by atoms with E-state index < -0.39 is 5.83 Å². The minimum atomic E-state index is -0.614. The van der Waals surface area contributed by atoms with Gasteiger partial charge < -0.3 is 15.2 Å². The third-order valence-electron chi connectivity index (χ3n) is 3.79. The molecule has 0 bridgehead atoms. The first-order chi connectivity index (χ1) is 12.1. The van der Waals surface area contributed by atoms with Crippen LogP contribution < -0.4 is 10.6 Å². The highest BCUT2D eigenvalue weighted by molar-refractivity contribution is 5.85. The Hall–Kier alpha value is -2.95. The van der Waals surface area contributed by atoms with E-state index in [2.05, 4.69) is 58.4 Å². The Kier molecular flexibility index (Phi) is 6.46. The standard InChI is InChI=1S/C21H22FN3/c1-5-18(22)11-10-16(3)24-13-12-19-14-20-17(15-23-4)8-7-9-21(20)25(19)6-2/h1,7-11,14,23-24H,6,15H2,2-4H3/b16-10+,18-11+. The molecule has 0 saturated carbocycles. The highest BCUT2D eigenvalue weighted by atomic mass is 19.1. The highest BCUT2D eigenvalue weighted by Gasteiger charge is 2.08. The number of aromatic nitrogens is 1. The first-order valence-corrected chi connectivity index (χ1v) is 8.14. The minimum absolute atomic E-state index is 0.614. The average molecular weight is 335 g/mol. The largest absolute Gasteiger partial charge is 0.334 e. The second-order valence-electron chi connectivity index (χ2n) is 5.54. The second kappa shape index (κ2) is 8.78. The predicted octanol–water partition coefficient (Wildman–Crippen LogP) is 3.67. The summed E-state index contributed by atoms with van der Waals surface area (Å²) in [5.41, 5.74) is 4.07. The van der Waals surface area contributed by atoms with Crippen LogP contribution in [-0.2, 0) is 13.1 Å². The molecule has 25 heavy (non-hydrogen) atoms. The van der Waals surface area contributed by atoms with Gasteiger partial charge in [-0.1, -0.05) is 12.1 Å². The van der Waals surface area contributed by atoms with E-state index in [1.165, 1.54) is 22.5 Å². The van der Waals surface area contributed by atoms with E-state index >= 15 is 0 Å². The van der Waals surface area contributed by atoms with Crippen molar-refractivity contribution in [2.45, 2.75) is 26.9 Å². The molecule has 2 N–H and O–H groups in total. The summed E-state index contributed by atoms with van der Waals surface area (Å²) in [5.74, 6) is 4.45. The Balaban J connectivity index is 2.31. The van der Waals surface area contributed by atoms with E-state index in [1.807, 2.05) is 13.0 Å². The number of rotatable bonds is 5. The minimum Gasteiger partial charge on any atom is -0.334 e. The lowest BCUT2D eigenvalue weighted by Crippen LogP contribution is -2.05. The maximum absolute atomic E-state index is 12.9. The molecule has 2 aromatic rings. The maximum atomic E-state index is 12.9. The lowest BCUT2D eigenvalue weighted by atomic mass is 10.1. The van der Waals surface area contributed by atoms with Crippen LogP contribution in [0.15, 0.2) is 47.9 Å². The van der Waals surface area contributed by atoms with Gasteiger partial charge in [0.1, 0.15) is 0 Å². The molecule has 0 aliphatic rings. The Labute approximate surface area is 148 Å². The van der Waals surface area contributed by atoms with Crippen molar-refractivity contribution in [2.75, 3.05) is 7.05 Å². The summed E-state index contributed by atoms with van der Waals surface area (Å²) >= 11 is 0. The molecule has 1 heterocycles. The van der Waals surface area contributed by atoms with E-state index in [-0.39, 0.29) is 0 Å². The van der Waals surface area contributed by atoms with Crippen molar-refractivity contribution in [3.63, 3.8) is 0 Å². The Morgan fingerprint density at radius 1 is 1.36 bits per heavy atom. The molecular weight excluding hydrogens is 313 g/mol. The van der Waals surface area contributed by atoms with E-state index in [1.54, 1.807) is 13.0 Å². The van der Waals surface area contributed by atoms with E-state index in [4.69, 9.17) is 6.42 Å². The summed E-state index contributed by atoms with van der Waals surface area (Å²) in [5, 5.41) is 7.34. The number of nitrogens with one attached hydrogen (secondary N) is 2. The number of benzene rings is 1. The molecule has 1 aromatic carbocycles. The predicted molar refractivity (Wildman–Crippen MR) is 102 cm³/mol. The van der Waals surface area contributed by atoms with Crippen molar-refractivity contribution >= 4 is 10.9 Å². The summed E-state index contributed by atoms with van der Waals surface area (Å²) in [6.07, 6.45) is 7.75. The molecule has 3 nitrogen and oxygen atoms in total. The number of terminal acetylenes is 1. The number of hydrogen-bond acceptors (Lipinski definition) is 2. The molecule has 2 rings (SSSR count). The first kappa shape index (κ1) is 18.4. The van der Waals surface area contributed by atoms with Gasteiger partial charge in [-0.3, -0.25) is 0 Å². The van der Waals surface area contributed by atoms with E-state index in [0.29, 0.717) is 5.70 Å². The van der Waals surface area contributed by atoms with Crippen molar-refractivity contribution in [2.24, 2.45) is 0 Å². The third-order valence-corrected chi connectivity index (χ3v) is 3.79. The molecule has 0 fully saturated rings. The number of allylic oxidation sites excluding steroid dienone is 4. The first-order valence-electron chi connectivity index (χ1n) is 8.14. The molecule has 0 spiro atoms. The van der Waals surface area contributed by atoms with Crippen LogP contribution in [0.4, 0.5) is 4.39 Å². The SMILES string of the molecule is C#C/C(F)=C\C=C(/C)NC#Cc1cc2c(CNC)cccc2n1CC. The van der Waals surface area contributed by atoms with Gasteiger partial charge >= 0.3 is 0 Å². The average Bonchev–Trinajstić information content (AvgIpc) is 2.98. The monoisotopic (exact) mass is 335 g/mol. The van der Waals surface area contributed by atoms with Crippen LogP contribution in [0.25, 0.3) is 10.9 Å². The number of nitrogens with zero attached hydrogens (tertiary/aromatic N) is 1. The zero-order valence-electron chi connectivity index (χ0n) is 14.8. The summed E-state index contributed by atoms with van der Waals surface area (Å²) < 4.78 is 15.1. The molecule has 0 atom stereocenters. The van der Waals surface area contributed by atoms with Gasteiger partial charge in [-0.25, -0.2) is 0 Å². The van der Waals surface area contributed by atoms with Crippen molar-refractivity contribution in [3.8, 4) is 24.3 Å². The van der Waals surface area contributed by atoms with E-state index in [9.17, 15) is 4.39 Å². The van der Waals surface area contributed by atoms with Gasteiger partial charge in [0.25, 0.3) is 0 Å². The molecule has 0 unspecified atom stereocenters. The van der Waals surface area contributed by atoms with Gasteiger partial charge in [-0.15, -0.1) is 6.42 Å². The molecule has 128 valence electrons. The van der Waals surface area contributed by atoms with Crippen LogP contribution in [-0.4, -0.2) is 11.6 Å². The number of fused-ring (bicyclic) bond motifs is 1. The number of halogens is 1. The summed E-state index contributed by atoms with van der Waals surface area (Å²) in [6.45, 7) is 5.54. The molecular formula is C21H22FN3. The van der Waals surface area contributed by atoms with Crippen LogP contribution in [0.1, 0.15) is 25.1 Å². The van der Waals surface area contributed by atoms with Gasteiger partial charge in [0, 0.05) is 35.7 Å². The molecule has 0 aliphatic carbocycles. The van der Waals surface area contributed by atoms with Crippen molar-refractivity contribution in [1.82, 2.24) is 15.2 Å². The maximum Gasteiger partial charge on any atom is 0.172 e. The van der Waals surface area contributed by atoms with Gasteiger partial charge in [-0.05, 0) is 62.6 Å². The molecule has 4 heteroatoms. The topological polar surface area (TPSA) is 29.0 Å². The molecule has 0 radical (unpaired) electrons. The van der Waals surface area contributed by atoms with Gasteiger partial charge in [-0.2, -0.15) is 4.39 Å². The molecule has 0 amide bonds. The fourth-order valence-corrected chi connectivity index (χ4v) is 2.62. The van der Waals surface area contributed by atoms with Gasteiger partial charge in [0.15, 0.2) is 5.83 Å². The van der Waals surface area contributed by atoms with Crippen molar-refractivity contribution < 1.29 is 4.39 Å². The summed E-state index contributed by atoms with van der Waals surface area (Å²) in [4.78, 5) is 0. The lowest BCUT2D eigenvalue weighted by molar-refractivity contribution is 0.676. The Morgan fingerprint density at radius 2 is 2.16 bits per heavy atom. The van der Waals surface area contributed by atoms with Crippen LogP contribution in [0.2, 0.25) is 0 Å². The molecule has 0 saturated heterocycles.